The Kier molecular flexibility index (Phi) is 5.33. The Morgan fingerprint density at radius 3 is 2.55 bits per heavy atom. The van der Waals surface area contributed by atoms with E-state index >= 15 is 0 Å². The quantitative estimate of drug-likeness (QED) is 0.863. The van der Waals surface area contributed by atoms with Crippen LogP contribution in [0.1, 0.15) is 11.3 Å². The summed E-state index contributed by atoms with van der Waals surface area (Å²) >= 11 is 11.6. The van der Waals surface area contributed by atoms with Crippen molar-refractivity contribution in [1.29, 1.82) is 0 Å². The van der Waals surface area contributed by atoms with E-state index in [1.807, 2.05) is 0 Å². The molecule has 2 aromatic rings. The van der Waals surface area contributed by atoms with Gasteiger partial charge in [0, 0.05) is 12.3 Å². The first-order valence-electron chi connectivity index (χ1n) is 5.30. The highest BCUT2D eigenvalue weighted by Gasteiger charge is 2.07. The van der Waals surface area contributed by atoms with Crippen LogP contribution in [0.25, 0.3) is 0 Å². The fourth-order valence-electron chi connectivity index (χ4n) is 1.43. The van der Waals surface area contributed by atoms with Gasteiger partial charge < -0.3 is 15.0 Å². The van der Waals surface area contributed by atoms with E-state index in [2.05, 4.69) is 4.99 Å². The molecule has 106 valence electrons. The monoisotopic (exact) mass is 315 g/mol. The van der Waals surface area contributed by atoms with E-state index in [0.717, 1.165) is 0 Å². The molecule has 0 saturated carbocycles. The van der Waals surface area contributed by atoms with Gasteiger partial charge in [-0.05, 0) is 25.1 Å². The summed E-state index contributed by atoms with van der Waals surface area (Å²) in [6, 6.07) is 6.12. The number of hydrogen-bond acceptors (Lipinski definition) is 4. The smallest absolute Gasteiger partial charge is 0.348 e. The van der Waals surface area contributed by atoms with E-state index in [4.69, 9.17) is 27.6 Å². The third-order valence-corrected chi connectivity index (χ3v) is 3.07. The van der Waals surface area contributed by atoms with Crippen molar-refractivity contribution in [2.45, 2.75) is 6.92 Å². The van der Waals surface area contributed by atoms with Crippen LogP contribution in [0.2, 0.25) is 10.0 Å². The number of nitrogens with zero attached hydrogens (tertiary/aromatic N) is 1. The predicted molar refractivity (Wildman–Crippen MR) is 78.7 cm³/mol. The fourth-order valence-corrected chi connectivity index (χ4v) is 1.72. The molecule has 0 radical (unpaired) electrons. The summed E-state index contributed by atoms with van der Waals surface area (Å²) in [5.41, 5.74) is -0.160. The van der Waals surface area contributed by atoms with Crippen LogP contribution in [0, 0.1) is 6.92 Å². The van der Waals surface area contributed by atoms with Crippen LogP contribution in [0.15, 0.2) is 38.5 Å². The summed E-state index contributed by atoms with van der Waals surface area (Å²) in [6.07, 6.45) is 1.22. The molecule has 7 heteroatoms. The van der Waals surface area contributed by atoms with E-state index in [-0.39, 0.29) is 16.8 Å². The molecule has 0 saturated heterocycles. The van der Waals surface area contributed by atoms with Gasteiger partial charge in [-0.2, -0.15) is 0 Å². The fraction of sp³-hybridized carbons (Fsp3) is 0.0769. The zero-order chi connectivity index (χ0) is 14.0. The molecule has 1 aromatic heterocycles. The number of halogens is 2. The molecule has 1 heterocycles. The first kappa shape index (κ1) is 16.2. The largest absolute Gasteiger partial charge is 0.507 e. The van der Waals surface area contributed by atoms with Crippen molar-refractivity contribution < 1.29 is 15.0 Å². The van der Waals surface area contributed by atoms with Gasteiger partial charge in [0.05, 0.1) is 15.7 Å². The van der Waals surface area contributed by atoms with Crippen molar-refractivity contribution in [3.05, 3.63) is 56.1 Å². The van der Waals surface area contributed by atoms with E-state index in [1.165, 1.54) is 12.3 Å². The van der Waals surface area contributed by atoms with Gasteiger partial charge in [-0.15, -0.1) is 0 Å². The van der Waals surface area contributed by atoms with Crippen LogP contribution in [-0.2, 0) is 0 Å². The molecule has 5 nitrogen and oxygen atoms in total. The lowest BCUT2D eigenvalue weighted by Gasteiger charge is -1.99. The third kappa shape index (κ3) is 3.60. The number of benzene rings is 1. The van der Waals surface area contributed by atoms with Crippen molar-refractivity contribution in [3.8, 4) is 5.75 Å². The lowest BCUT2D eigenvalue weighted by molar-refractivity contribution is 0.433. The SMILES string of the molecule is Cc1cc(O)c(C=Nc2ccc(Cl)c(Cl)c2)c(=O)o1.O. The number of aromatic hydroxyl groups is 1. The highest BCUT2D eigenvalue weighted by Crippen LogP contribution is 2.26. The topological polar surface area (TPSA) is 94.3 Å². The van der Waals surface area contributed by atoms with Gasteiger partial charge in [-0.3, -0.25) is 4.99 Å². The summed E-state index contributed by atoms with van der Waals surface area (Å²) in [7, 11) is 0. The van der Waals surface area contributed by atoms with E-state index in [0.29, 0.717) is 21.5 Å². The number of aryl methyl sites for hydroxylation is 1. The summed E-state index contributed by atoms with van der Waals surface area (Å²) in [6.45, 7) is 1.57. The van der Waals surface area contributed by atoms with Gasteiger partial charge >= 0.3 is 5.63 Å². The Hall–Kier alpha value is -1.82. The molecular formula is C13H11Cl2NO4. The molecule has 0 spiro atoms. The Morgan fingerprint density at radius 1 is 1.25 bits per heavy atom. The van der Waals surface area contributed by atoms with Gasteiger partial charge in [0.1, 0.15) is 17.1 Å². The van der Waals surface area contributed by atoms with Gasteiger partial charge in [0.2, 0.25) is 0 Å². The zero-order valence-electron chi connectivity index (χ0n) is 10.4. The lowest BCUT2D eigenvalue weighted by atomic mass is 10.2. The Balaban J connectivity index is 0.00000200. The highest BCUT2D eigenvalue weighted by molar-refractivity contribution is 6.42. The Bertz CT molecular complexity index is 710. The van der Waals surface area contributed by atoms with Gasteiger partial charge in [-0.1, -0.05) is 23.2 Å². The summed E-state index contributed by atoms with van der Waals surface area (Å²) in [5.74, 6) is 0.145. The zero-order valence-corrected chi connectivity index (χ0v) is 11.9. The molecule has 0 aliphatic rings. The number of aliphatic imine (C=N–C) groups is 1. The molecule has 0 atom stereocenters. The summed E-state index contributed by atoms with van der Waals surface area (Å²) in [4.78, 5) is 15.6. The highest BCUT2D eigenvalue weighted by atomic mass is 35.5. The van der Waals surface area contributed by atoms with Crippen LogP contribution in [0.4, 0.5) is 5.69 Å². The molecule has 0 bridgehead atoms. The van der Waals surface area contributed by atoms with Crippen molar-refractivity contribution in [2.24, 2.45) is 4.99 Å². The lowest BCUT2D eigenvalue weighted by Crippen LogP contribution is -2.07. The van der Waals surface area contributed by atoms with Crippen molar-refractivity contribution in [2.75, 3.05) is 0 Å². The van der Waals surface area contributed by atoms with Crippen LogP contribution in [0.3, 0.4) is 0 Å². The van der Waals surface area contributed by atoms with Crippen LogP contribution >= 0.6 is 23.2 Å². The van der Waals surface area contributed by atoms with Gasteiger partial charge in [0.25, 0.3) is 0 Å². The molecule has 0 fully saturated rings. The van der Waals surface area contributed by atoms with Gasteiger partial charge in [-0.25, -0.2) is 4.79 Å². The molecule has 3 N–H and O–H groups in total. The summed E-state index contributed by atoms with van der Waals surface area (Å²) in [5, 5.41) is 10.4. The molecule has 0 aliphatic heterocycles. The Morgan fingerprint density at radius 2 is 1.95 bits per heavy atom. The second kappa shape index (κ2) is 6.56. The van der Waals surface area contributed by atoms with Crippen LogP contribution in [0.5, 0.6) is 5.75 Å². The maximum Gasteiger partial charge on any atom is 0.348 e. The van der Waals surface area contributed by atoms with E-state index < -0.39 is 5.63 Å². The normalized spacial score (nSPS) is 10.6. The molecule has 0 amide bonds. The van der Waals surface area contributed by atoms with E-state index in [1.54, 1.807) is 25.1 Å². The molecule has 0 unspecified atom stereocenters. The average molecular weight is 316 g/mol. The second-order valence-corrected chi connectivity index (χ2v) is 4.61. The number of rotatable bonds is 2. The molecule has 20 heavy (non-hydrogen) atoms. The standard InChI is InChI=1S/C13H9Cl2NO3.H2O/c1-7-4-12(17)9(13(18)19-7)6-16-8-2-3-10(14)11(15)5-8;/h2-6,17H,1H3;1H2. The van der Waals surface area contributed by atoms with E-state index in [9.17, 15) is 9.90 Å². The average Bonchev–Trinajstić information content (AvgIpc) is 2.32. The molecule has 0 aliphatic carbocycles. The first-order valence-corrected chi connectivity index (χ1v) is 6.06. The Labute approximate surface area is 124 Å². The maximum atomic E-state index is 11.5. The number of hydrogen-bond donors (Lipinski definition) is 1. The van der Waals surface area contributed by atoms with Gasteiger partial charge in [0.15, 0.2) is 0 Å². The predicted octanol–water partition coefficient (Wildman–Crippen LogP) is 2.89. The molecule has 1 aromatic carbocycles. The molecule has 2 rings (SSSR count). The minimum absolute atomic E-state index is 0. The maximum absolute atomic E-state index is 11.5. The van der Waals surface area contributed by atoms with Crippen molar-refractivity contribution in [1.82, 2.24) is 0 Å². The summed E-state index contributed by atoms with van der Waals surface area (Å²) < 4.78 is 4.87. The third-order valence-electron chi connectivity index (χ3n) is 2.34. The first-order chi connectivity index (χ1) is 8.97. The minimum atomic E-state index is -0.652. The van der Waals surface area contributed by atoms with Crippen molar-refractivity contribution >= 4 is 35.1 Å². The van der Waals surface area contributed by atoms with Crippen LogP contribution in [-0.4, -0.2) is 16.8 Å². The van der Waals surface area contributed by atoms with Crippen molar-refractivity contribution in [3.63, 3.8) is 0 Å². The minimum Gasteiger partial charge on any atom is -0.507 e. The second-order valence-electron chi connectivity index (χ2n) is 3.80. The molecular weight excluding hydrogens is 305 g/mol. The van der Waals surface area contributed by atoms with Crippen LogP contribution < -0.4 is 5.63 Å².